The lowest BCUT2D eigenvalue weighted by Gasteiger charge is -2.34. The van der Waals surface area contributed by atoms with E-state index in [2.05, 4.69) is 44.9 Å². The predicted molar refractivity (Wildman–Crippen MR) is 99.2 cm³/mol. The Morgan fingerprint density at radius 2 is 1.96 bits per heavy atom. The van der Waals surface area contributed by atoms with Crippen LogP contribution in [-0.2, 0) is 24.4 Å². The van der Waals surface area contributed by atoms with Gasteiger partial charge in [0.25, 0.3) is 0 Å². The van der Waals surface area contributed by atoms with Crippen molar-refractivity contribution in [2.75, 3.05) is 26.2 Å². The van der Waals surface area contributed by atoms with Crippen molar-refractivity contribution < 1.29 is 4.79 Å². The van der Waals surface area contributed by atoms with Crippen LogP contribution in [0.25, 0.3) is 0 Å². The van der Waals surface area contributed by atoms with Gasteiger partial charge in [0, 0.05) is 56.7 Å². The first kappa shape index (κ1) is 18.1. The van der Waals surface area contributed by atoms with E-state index in [1.807, 2.05) is 28.9 Å². The van der Waals surface area contributed by atoms with E-state index in [-0.39, 0.29) is 5.91 Å². The lowest BCUT2D eigenvalue weighted by atomic mass is 10.2. The summed E-state index contributed by atoms with van der Waals surface area (Å²) in [4.78, 5) is 16.8. The van der Waals surface area contributed by atoms with Gasteiger partial charge in [-0.2, -0.15) is 10.2 Å². The van der Waals surface area contributed by atoms with Gasteiger partial charge in [-0.25, -0.2) is 0 Å². The Bertz CT molecular complexity index is 725. The molecule has 0 N–H and O–H groups in total. The molecule has 2 aromatic heterocycles. The van der Waals surface area contributed by atoms with Crippen LogP contribution in [0, 0.1) is 13.8 Å². The summed E-state index contributed by atoms with van der Waals surface area (Å²) in [6.07, 6.45) is 3.83. The Morgan fingerprint density at radius 3 is 2.52 bits per heavy atom. The van der Waals surface area contributed by atoms with E-state index in [1.165, 1.54) is 11.3 Å². The van der Waals surface area contributed by atoms with Crippen molar-refractivity contribution in [3.8, 4) is 0 Å². The molecule has 1 amide bonds. The van der Waals surface area contributed by atoms with Crippen molar-refractivity contribution in [3.63, 3.8) is 0 Å². The van der Waals surface area contributed by atoms with Crippen LogP contribution in [0.1, 0.15) is 23.9 Å². The van der Waals surface area contributed by atoms with Crippen LogP contribution in [0.4, 0.5) is 0 Å². The molecule has 7 nitrogen and oxygen atoms in total. The Hall–Kier alpha value is -1.67. The summed E-state index contributed by atoms with van der Waals surface area (Å²) in [5, 5.41) is 8.75. The van der Waals surface area contributed by atoms with Crippen molar-refractivity contribution in [1.82, 2.24) is 29.4 Å². The second kappa shape index (κ2) is 7.70. The van der Waals surface area contributed by atoms with Crippen molar-refractivity contribution in [1.29, 1.82) is 0 Å². The number of piperazine rings is 1. The van der Waals surface area contributed by atoms with Gasteiger partial charge in [0.15, 0.2) is 0 Å². The summed E-state index contributed by atoms with van der Waals surface area (Å²) in [5.41, 5.74) is 3.42. The molecule has 0 atom stereocenters. The van der Waals surface area contributed by atoms with Gasteiger partial charge in [-0.3, -0.25) is 19.1 Å². The summed E-state index contributed by atoms with van der Waals surface area (Å²) in [6.45, 7) is 11.6. The minimum Gasteiger partial charge on any atom is -0.339 e. The molecule has 0 aromatic carbocycles. The normalized spacial score (nSPS) is 15.8. The van der Waals surface area contributed by atoms with Crippen molar-refractivity contribution in [2.24, 2.45) is 0 Å². The number of rotatable bonds is 5. The van der Waals surface area contributed by atoms with Crippen LogP contribution in [-0.4, -0.2) is 61.4 Å². The van der Waals surface area contributed by atoms with Gasteiger partial charge >= 0.3 is 0 Å². The molecule has 136 valence electrons. The quantitative estimate of drug-likeness (QED) is 0.756. The number of hydrogen-bond donors (Lipinski definition) is 0. The molecule has 8 heteroatoms. The van der Waals surface area contributed by atoms with Gasteiger partial charge in [0.05, 0.1) is 16.4 Å². The first-order valence-corrected chi connectivity index (χ1v) is 9.48. The molecular weight excluding hydrogens is 384 g/mol. The Morgan fingerprint density at radius 1 is 1.24 bits per heavy atom. The van der Waals surface area contributed by atoms with Crippen LogP contribution >= 0.6 is 15.9 Å². The molecule has 0 saturated carbocycles. The van der Waals surface area contributed by atoms with E-state index in [4.69, 9.17) is 0 Å². The number of carbonyl (C=O) groups is 1. The minimum atomic E-state index is 0.129. The molecule has 0 aliphatic carbocycles. The minimum absolute atomic E-state index is 0.129. The summed E-state index contributed by atoms with van der Waals surface area (Å²) in [6, 6.07) is 0. The standard InChI is InChI=1S/C17H25BrN6O/c1-4-24-14(3)15(9-19-24)10-21-5-7-22(8-6-21)17(25)12-23-11-16(18)13(2)20-23/h9,11H,4-8,10,12H2,1-3H3. The van der Waals surface area contributed by atoms with E-state index in [0.29, 0.717) is 6.54 Å². The fraction of sp³-hybridized carbons (Fsp3) is 0.588. The van der Waals surface area contributed by atoms with Crippen LogP contribution in [0.15, 0.2) is 16.9 Å². The second-order valence-corrected chi connectivity index (χ2v) is 7.34. The molecule has 3 rings (SSSR count). The highest BCUT2D eigenvalue weighted by Crippen LogP contribution is 2.15. The molecule has 1 aliphatic heterocycles. The van der Waals surface area contributed by atoms with Crippen molar-refractivity contribution >= 4 is 21.8 Å². The lowest BCUT2D eigenvalue weighted by Crippen LogP contribution is -2.49. The SMILES string of the molecule is CCn1ncc(CN2CCN(C(=O)Cn3cc(Br)c(C)n3)CC2)c1C. The highest BCUT2D eigenvalue weighted by molar-refractivity contribution is 9.10. The third kappa shape index (κ3) is 4.12. The first-order chi connectivity index (χ1) is 12.0. The molecule has 1 fully saturated rings. The lowest BCUT2D eigenvalue weighted by molar-refractivity contribution is -0.133. The first-order valence-electron chi connectivity index (χ1n) is 8.69. The molecule has 0 bridgehead atoms. The maximum Gasteiger partial charge on any atom is 0.244 e. The maximum absolute atomic E-state index is 12.5. The van der Waals surface area contributed by atoms with Gasteiger partial charge in [0.2, 0.25) is 5.91 Å². The number of carbonyl (C=O) groups excluding carboxylic acids is 1. The Labute approximate surface area is 156 Å². The highest BCUT2D eigenvalue weighted by atomic mass is 79.9. The van der Waals surface area contributed by atoms with Gasteiger partial charge in [-0.05, 0) is 36.7 Å². The topological polar surface area (TPSA) is 59.2 Å². The monoisotopic (exact) mass is 408 g/mol. The molecule has 0 spiro atoms. The van der Waals surface area contributed by atoms with E-state index in [1.54, 1.807) is 4.68 Å². The molecule has 2 aromatic rings. The molecule has 1 aliphatic rings. The van der Waals surface area contributed by atoms with Crippen LogP contribution in [0.5, 0.6) is 0 Å². The Balaban J connectivity index is 1.51. The molecule has 0 unspecified atom stereocenters. The number of nitrogens with zero attached hydrogens (tertiary/aromatic N) is 6. The summed E-state index contributed by atoms with van der Waals surface area (Å²) < 4.78 is 4.67. The zero-order chi connectivity index (χ0) is 18.0. The number of aryl methyl sites for hydroxylation is 2. The van der Waals surface area contributed by atoms with E-state index in [0.717, 1.165) is 49.4 Å². The van der Waals surface area contributed by atoms with E-state index < -0.39 is 0 Å². The van der Waals surface area contributed by atoms with Gasteiger partial charge in [0.1, 0.15) is 6.54 Å². The average Bonchev–Trinajstić information content (AvgIpc) is 3.10. The van der Waals surface area contributed by atoms with Crippen LogP contribution in [0.3, 0.4) is 0 Å². The molecular formula is C17H25BrN6O. The van der Waals surface area contributed by atoms with Gasteiger partial charge < -0.3 is 4.90 Å². The smallest absolute Gasteiger partial charge is 0.244 e. The number of aromatic nitrogens is 4. The molecule has 1 saturated heterocycles. The molecule has 3 heterocycles. The molecule has 25 heavy (non-hydrogen) atoms. The maximum atomic E-state index is 12.5. The van der Waals surface area contributed by atoms with Crippen LogP contribution in [0.2, 0.25) is 0 Å². The predicted octanol–water partition coefficient (Wildman–Crippen LogP) is 1.82. The summed E-state index contributed by atoms with van der Waals surface area (Å²) in [7, 11) is 0. The fourth-order valence-electron chi connectivity index (χ4n) is 3.17. The van der Waals surface area contributed by atoms with E-state index >= 15 is 0 Å². The zero-order valence-corrected chi connectivity index (χ0v) is 16.7. The van der Waals surface area contributed by atoms with E-state index in [9.17, 15) is 4.79 Å². The van der Waals surface area contributed by atoms with Gasteiger partial charge in [-0.1, -0.05) is 0 Å². The van der Waals surface area contributed by atoms with Crippen LogP contribution < -0.4 is 0 Å². The third-order valence-electron chi connectivity index (χ3n) is 4.81. The summed E-state index contributed by atoms with van der Waals surface area (Å²) >= 11 is 3.43. The zero-order valence-electron chi connectivity index (χ0n) is 15.1. The average molecular weight is 409 g/mol. The fourth-order valence-corrected chi connectivity index (χ4v) is 3.48. The Kier molecular flexibility index (Phi) is 5.58. The second-order valence-electron chi connectivity index (χ2n) is 6.49. The van der Waals surface area contributed by atoms with Crippen molar-refractivity contribution in [2.45, 2.75) is 40.4 Å². The third-order valence-corrected chi connectivity index (χ3v) is 5.59. The van der Waals surface area contributed by atoms with Gasteiger partial charge in [-0.15, -0.1) is 0 Å². The summed E-state index contributed by atoms with van der Waals surface area (Å²) in [5.74, 6) is 0.129. The number of hydrogen-bond acceptors (Lipinski definition) is 4. The molecule has 0 radical (unpaired) electrons. The number of halogens is 1. The largest absolute Gasteiger partial charge is 0.339 e. The van der Waals surface area contributed by atoms with Crippen molar-refractivity contribution in [3.05, 3.63) is 33.8 Å². The number of amides is 1. The highest BCUT2D eigenvalue weighted by Gasteiger charge is 2.22.